The predicted molar refractivity (Wildman–Crippen MR) is 102 cm³/mol. The molecule has 4 rings (SSSR count). The quantitative estimate of drug-likeness (QED) is 0.740. The molecule has 0 spiro atoms. The number of aliphatic hydroxyl groups excluding tert-OH is 1. The number of carbonyl (C=O) groups is 1. The third-order valence-electron chi connectivity index (χ3n) is 4.64. The van der Waals surface area contributed by atoms with Crippen molar-refractivity contribution in [3.8, 4) is 5.88 Å². The Kier molecular flexibility index (Phi) is 6.41. The first-order chi connectivity index (χ1) is 13.0. The van der Waals surface area contributed by atoms with Crippen molar-refractivity contribution in [2.75, 3.05) is 31.1 Å². The van der Waals surface area contributed by atoms with E-state index in [1.165, 1.54) is 0 Å². The standard InChI is InChI=1S/C17H22N4O2.C2H4O2/c22-14-6-3-7-15(14)23-16-12-4-1-2-5-13(12)19-17(20-16)21-10-8-18-9-11-21;1-2(3)4/h1-2,4-5,14-15,18,22H,3,6-11H2;1H3,(H,3,4)/t14-,15-;/m1./s1. The molecule has 146 valence electrons. The van der Waals surface area contributed by atoms with Crippen molar-refractivity contribution in [2.45, 2.75) is 38.4 Å². The van der Waals surface area contributed by atoms with Gasteiger partial charge >= 0.3 is 0 Å². The predicted octanol–water partition coefficient (Wildman–Crippen LogP) is 1.42. The highest BCUT2D eigenvalue weighted by atomic mass is 16.5. The van der Waals surface area contributed by atoms with Crippen molar-refractivity contribution >= 4 is 22.8 Å². The van der Waals surface area contributed by atoms with Crippen LogP contribution in [0.2, 0.25) is 0 Å². The summed E-state index contributed by atoms with van der Waals surface area (Å²) in [5.41, 5.74) is 0.888. The monoisotopic (exact) mass is 374 g/mol. The van der Waals surface area contributed by atoms with Gasteiger partial charge in [-0.3, -0.25) is 4.79 Å². The van der Waals surface area contributed by atoms with E-state index in [0.717, 1.165) is 63.3 Å². The smallest absolute Gasteiger partial charge is 0.300 e. The second-order valence-electron chi connectivity index (χ2n) is 6.76. The number of aliphatic hydroxyl groups is 1. The Morgan fingerprint density at radius 3 is 2.59 bits per heavy atom. The van der Waals surface area contributed by atoms with Crippen molar-refractivity contribution in [1.29, 1.82) is 0 Å². The maximum absolute atomic E-state index is 10.1. The fourth-order valence-corrected chi connectivity index (χ4v) is 3.32. The summed E-state index contributed by atoms with van der Waals surface area (Å²) in [6, 6.07) is 7.91. The van der Waals surface area contributed by atoms with Crippen molar-refractivity contribution in [3.63, 3.8) is 0 Å². The lowest BCUT2D eigenvalue weighted by Crippen LogP contribution is -2.44. The minimum Gasteiger partial charge on any atom is -0.481 e. The fourth-order valence-electron chi connectivity index (χ4n) is 3.32. The van der Waals surface area contributed by atoms with Crippen LogP contribution in [-0.4, -0.2) is 64.5 Å². The average Bonchev–Trinajstić information content (AvgIpc) is 3.06. The normalized spacial score (nSPS) is 22.2. The Balaban J connectivity index is 0.000000481. The maximum atomic E-state index is 10.1. The highest BCUT2D eigenvalue weighted by molar-refractivity contribution is 5.84. The molecule has 1 aromatic heterocycles. The first-order valence-electron chi connectivity index (χ1n) is 9.31. The van der Waals surface area contributed by atoms with Crippen molar-refractivity contribution < 1.29 is 19.7 Å². The third kappa shape index (κ3) is 5.05. The Morgan fingerprint density at radius 1 is 1.22 bits per heavy atom. The van der Waals surface area contributed by atoms with Crippen molar-refractivity contribution in [1.82, 2.24) is 15.3 Å². The minimum atomic E-state index is -0.833. The number of anilines is 1. The Morgan fingerprint density at radius 2 is 1.93 bits per heavy atom. The number of carboxylic acids is 1. The second-order valence-corrected chi connectivity index (χ2v) is 6.76. The highest BCUT2D eigenvalue weighted by Crippen LogP contribution is 2.30. The molecule has 2 atom stereocenters. The molecule has 1 saturated heterocycles. The molecule has 0 radical (unpaired) electrons. The van der Waals surface area contributed by atoms with E-state index in [4.69, 9.17) is 19.6 Å². The van der Waals surface area contributed by atoms with Gasteiger partial charge in [0.25, 0.3) is 5.97 Å². The number of fused-ring (bicyclic) bond motifs is 1. The van der Waals surface area contributed by atoms with Gasteiger partial charge in [0.2, 0.25) is 11.8 Å². The summed E-state index contributed by atoms with van der Waals surface area (Å²) >= 11 is 0. The number of hydrogen-bond donors (Lipinski definition) is 3. The van der Waals surface area contributed by atoms with Gasteiger partial charge in [0.05, 0.1) is 17.0 Å². The molecule has 2 fully saturated rings. The maximum Gasteiger partial charge on any atom is 0.300 e. The van der Waals surface area contributed by atoms with Crippen LogP contribution in [0.5, 0.6) is 5.88 Å². The first kappa shape index (κ1) is 19.3. The molecule has 27 heavy (non-hydrogen) atoms. The van der Waals surface area contributed by atoms with Gasteiger partial charge in [0, 0.05) is 33.1 Å². The number of piperazine rings is 1. The highest BCUT2D eigenvalue weighted by Gasteiger charge is 2.28. The van der Waals surface area contributed by atoms with Gasteiger partial charge in [-0.05, 0) is 31.4 Å². The van der Waals surface area contributed by atoms with Gasteiger partial charge in [-0.15, -0.1) is 0 Å². The fraction of sp³-hybridized carbons (Fsp3) is 0.526. The van der Waals surface area contributed by atoms with Gasteiger partial charge in [0.15, 0.2) is 0 Å². The van der Waals surface area contributed by atoms with Crippen molar-refractivity contribution in [2.24, 2.45) is 0 Å². The van der Waals surface area contributed by atoms with Crippen LogP contribution in [0.3, 0.4) is 0 Å². The number of para-hydroxylation sites is 1. The lowest BCUT2D eigenvalue weighted by atomic mass is 10.2. The summed E-state index contributed by atoms with van der Waals surface area (Å²) in [6.45, 7) is 4.75. The largest absolute Gasteiger partial charge is 0.481 e. The molecule has 8 heteroatoms. The van der Waals surface area contributed by atoms with Crippen molar-refractivity contribution in [3.05, 3.63) is 24.3 Å². The lowest BCUT2D eigenvalue weighted by molar-refractivity contribution is -0.134. The third-order valence-corrected chi connectivity index (χ3v) is 4.64. The molecule has 0 unspecified atom stereocenters. The summed E-state index contributed by atoms with van der Waals surface area (Å²) in [4.78, 5) is 20.6. The van der Waals surface area contributed by atoms with Crippen LogP contribution in [-0.2, 0) is 4.79 Å². The van der Waals surface area contributed by atoms with E-state index in [9.17, 15) is 5.11 Å². The van der Waals surface area contributed by atoms with Crippen LogP contribution < -0.4 is 15.0 Å². The van der Waals surface area contributed by atoms with Gasteiger partial charge in [-0.25, -0.2) is 4.98 Å². The molecule has 0 bridgehead atoms. The molecule has 2 aliphatic rings. The molecule has 1 aromatic carbocycles. The zero-order valence-corrected chi connectivity index (χ0v) is 15.5. The topological polar surface area (TPSA) is 108 Å². The van der Waals surface area contributed by atoms with E-state index < -0.39 is 12.1 Å². The molecule has 2 heterocycles. The summed E-state index contributed by atoms with van der Waals surface area (Å²) in [6.07, 6.45) is 2.12. The number of rotatable bonds is 3. The number of ether oxygens (including phenoxy) is 1. The number of carboxylic acid groups (broad SMARTS) is 1. The molecule has 0 amide bonds. The van der Waals surface area contributed by atoms with E-state index in [0.29, 0.717) is 11.8 Å². The molecule has 2 aromatic rings. The summed E-state index contributed by atoms with van der Waals surface area (Å²) < 4.78 is 6.09. The first-order valence-corrected chi connectivity index (χ1v) is 9.31. The molecule has 1 aliphatic carbocycles. The minimum absolute atomic E-state index is 0.163. The van der Waals surface area contributed by atoms with E-state index in [-0.39, 0.29) is 6.10 Å². The molecule has 8 nitrogen and oxygen atoms in total. The van der Waals surface area contributed by atoms with Crippen LogP contribution in [0, 0.1) is 0 Å². The summed E-state index contributed by atoms with van der Waals surface area (Å²) in [5, 5.41) is 21.7. The van der Waals surface area contributed by atoms with Crippen LogP contribution in [0.25, 0.3) is 10.9 Å². The number of aromatic nitrogens is 2. The molecule has 1 aliphatic heterocycles. The Bertz CT molecular complexity index is 775. The van der Waals surface area contributed by atoms with E-state index in [1.807, 2.05) is 24.3 Å². The average molecular weight is 374 g/mol. The van der Waals surface area contributed by atoms with Crippen LogP contribution in [0.1, 0.15) is 26.2 Å². The van der Waals surface area contributed by atoms with E-state index in [1.54, 1.807) is 0 Å². The van der Waals surface area contributed by atoms with Gasteiger partial charge in [-0.2, -0.15) is 4.98 Å². The number of hydrogen-bond acceptors (Lipinski definition) is 7. The molecule has 3 N–H and O–H groups in total. The molecule has 1 saturated carbocycles. The van der Waals surface area contributed by atoms with Gasteiger partial charge in [-0.1, -0.05) is 12.1 Å². The van der Waals surface area contributed by atoms with Crippen LogP contribution >= 0.6 is 0 Å². The zero-order chi connectivity index (χ0) is 19.2. The Hall–Kier alpha value is -2.45. The zero-order valence-electron chi connectivity index (χ0n) is 15.5. The number of nitrogens with one attached hydrogen (secondary N) is 1. The summed E-state index contributed by atoms with van der Waals surface area (Å²) in [7, 11) is 0. The van der Waals surface area contributed by atoms with Crippen LogP contribution in [0.15, 0.2) is 24.3 Å². The number of aliphatic carboxylic acids is 1. The molecular weight excluding hydrogens is 348 g/mol. The molecular formula is C19H26N4O4. The van der Waals surface area contributed by atoms with E-state index in [2.05, 4.69) is 15.2 Å². The van der Waals surface area contributed by atoms with Gasteiger partial charge in [0.1, 0.15) is 6.10 Å². The van der Waals surface area contributed by atoms with Crippen LogP contribution in [0.4, 0.5) is 5.95 Å². The van der Waals surface area contributed by atoms with E-state index >= 15 is 0 Å². The number of benzene rings is 1. The lowest BCUT2D eigenvalue weighted by Gasteiger charge is -2.28. The second kappa shape index (κ2) is 8.96. The Labute approximate surface area is 158 Å². The summed E-state index contributed by atoms with van der Waals surface area (Å²) in [5.74, 6) is 0.475. The van der Waals surface area contributed by atoms with Gasteiger partial charge < -0.3 is 25.2 Å². The number of nitrogens with zero attached hydrogens (tertiary/aromatic N) is 3. The SMILES string of the molecule is CC(=O)O.O[C@@H]1CCC[C@H]1Oc1nc(N2CCNCC2)nc2ccccc12.